The second-order valence-electron chi connectivity index (χ2n) is 13.6. The van der Waals surface area contributed by atoms with E-state index in [1.54, 1.807) is 38.3 Å². The zero-order valence-electron chi connectivity index (χ0n) is 27.0. The molecule has 0 bridgehead atoms. The summed E-state index contributed by atoms with van der Waals surface area (Å²) in [5, 5.41) is 6.05. The zero-order chi connectivity index (χ0) is 32.2. The van der Waals surface area contributed by atoms with Crippen molar-refractivity contribution in [1.82, 2.24) is 15.5 Å². The summed E-state index contributed by atoms with van der Waals surface area (Å²) in [5.74, 6) is -0.809. The van der Waals surface area contributed by atoms with Crippen LogP contribution in [0.2, 0.25) is 0 Å². The van der Waals surface area contributed by atoms with Crippen molar-refractivity contribution in [3.63, 3.8) is 0 Å². The van der Waals surface area contributed by atoms with Gasteiger partial charge in [0.25, 0.3) is 0 Å². The van der Waals surface area contributed by atoms with Gasteiger partial charge in [0.2, 0.25) is 17.7 Å². The van der Waals surface area contributed by atoms with Crippen LogP contribution in [0.25, 0.3) is 0 Å². The Morgan fingerprint density at radius 2 is 1.76 bits per heavy atom. The zero-order valence-corrected chi connectivity index (χ0v) is 27.0. The standard InChI is InChI=1S/C34H50N4O7/c1-22(31(35)41)34(20-23-9-11-24(43-3)12-10-23,37-29(39)21-38-14-17-44-18-15-38)32(42)36-28(19-27-25-7-6-8-26(25)27)30(40)33(2)13-4-5-16-45-33/h9-12,22,25-28H,4-8,13-21H2,1-3H3,(H2,35,41)(H,36,42)(H,37,39)/t22-,25-,26+,27+,28+,33-,34-/m1/s1. The van der Waals surface area contributed by atoms with E-state index in [4.69, 9.17) is 19.9 Å². The molecule has 4 fully saturated rings. The summed E-state index contributed by atoms with van der Waals surface area (Å²) in [5.41, 5.74) is 3.84. The van der Waals surface area contributed by atoms with Gasteiger partial charge in [-0.05, 0) is 80.9 Å². The van der Waals surface area contributed by atoms with Gasteiger partial charge in [0.1, 0.15) is 16.9 Å². The molecule has 11 nitrogen and oxygen atoms in total. The van der Waals surface area contributed by atoms with E-state index in [1.807, 2.05) is 11.8 Å². The third-order valence-electron chi connectivity index (χ3n) is 10.8. The molecule has 1 aromatic carbocycles. The Hall–Kier alpha value is -3.02. The number of morpholine rings is 1. The SMILES string of the molecule is COc1ccc(C[C@](NC(=O)CN2CCOCC2)(C(=O)N[C@@H](C[C@H]2[C@@H]3CCC[C@@H]32)C(=O)[C@@]2(C)CCCCO2)[C@H](C)C(N)=O)cc1. The molecule has 45 heavy (non-hydrogen) atoms. The maximum Gasteiger partial charge on any atom is 0.247 e. The monoisotopic (exact) mass is 626 g/mol. The van der Waals surface area contributed by atoms with Crippen LogP contribution < -0.4 is 21.1 Å². The number of rotatable bonds is 14. The molecule has 1 aromatic rings. The third kappa shape index (κ3) is 7.52. The van der Waals surface area contributed by atoms with E-state index in [0.717, 1.165) is 25.7 Å². The second kappa shape index (κ2) is 14.2. The molecular weight excluding hydrogens is 576 g/mol. The Morgan fingerprint density at radius 3 is 2.36 bits per heavy atom. The number of nitrogens with two attached hydrogens (primary N) is 1. The van der Waals surface area contributed by atoms with E-state index >= 15 is 0 Å². The summed E-state index contributed by atoms with van der Waals surface area (Å²) in [4.78, 5) is 57.5. The number of methoxy groups -OCH3 is 1. The number of ether oxygens (including phenoxy) is 3. The molecule has 0 unspecified atom stereocenters. The number of hydrogen-bond acceptors (Lipinski definition) is 8. The highest BCUT2D eigenvalue weighted by Gasteiger charge is 2.56. The first-order valence-electron chi connectivity index (χ1n) is 16.6. The second-order valence-corrected chi connectivity index (χ2v) is 13.6. The van der Waals surface area contributed by atoms with Crippen LogP contribution in [0.3, 0.4) is 0 Å². The van der Waals surface area contributed by atoms with Crippen LogP contribution in [0, 0.1) is 23.7 Å². The van der Waals surface area contributed by atoms with E-state index in [-0.39, 0.29) is 18.7 Å². The van der Waals surface area contributed by atoms with Gasteiger partial charge in [-0.3, -0.25) is 24.1 Å². The number of nitrogens with one attached hydrogen (secondary N) is 2. The van der Waals surface area contributed by atoms with Crippen LogP contribution in [0.5, 0.6) is 5.75 Å². The molecule has 0 aromatic heterocycles. The third-order valence-corrected chi connectivity index (χ3v) is 10.8. The van der Waals surface area contributed by atoms with Gasteiger partial charge in [-0.25, -0.2) is 0 Å². The minimum absolute atomic E-state index is 0.00879. The highest BCUT2D eigenvalue weighted by molar-refractivity contribution is 6.01. The van der Waals surface area contributed by atoms with Crippen molar-refractivity contribution in [2.45, 2.75) is 82.4 Å². The molecule has 2 aliphatic heterocycles. The summed E-state index contributed by atoms with van der Waals surface area (Å²) in [6.07, 6.45) is 6.35. The highest BCUT2D eigenvalue weighted by atomic mass is 16.5. The molecule has 2 heterocycles. The van der Waals surface area contributed by atoms with Gasteiger partial charge in [-0.15, -0.1) is 0 Å². The smallest absolute Gasteiger partial charge is 0.247 e. The molecule has 11 heteroatoms. The lowest BCUT2D eigenvalue weighted by Crippen LogP contribution is -2.69. The molecule has 4 N–H and O–H groups in total. The van der Waals surface area contributed by atoms with Crippen LogP contribution in [-0.2, 0) is 35.1 Å². The van der Waals surface area contributed by atoms with Crippen LogP contribution >= 0.6 is 0 Å². The van der Waals surface area contributed by atoms with E-state index in [0.29, 0.717) is 74.8 Å². The number of ketones is 1. The number of Topliss-reactive ketones (excluding diaryl/α,β-unsaturated/α-hetero) is 1. The van der Waals surface area contributed by atoms with E-state index in [9.17, 15) is 19.2 Å². The van der Waals surface area contributed by atoms with Crippen LogP contribution in [0.4, 0.5) is 0 Å². The molecule has 2 aliphatic carbocycles. The van der Waals surface area contributed by atoms with Gasteiger partial charge < -0.3 is 30.6 Å². The highest BCUT2D eigenvalue weighted by Crippen LogP contribution is 2.59. The molecule has 0 spiro atoms. The van der Waals surface area contributed by atoms with Crippen molar-refractivity contribution in [3.8, 4) is 5.75 Å². The van der Waals surface area contributed by atoms with Crippen molar-refractivity contribution in [1.29, 1.82) is 0 Å². The summed E-state index contributed by atoms with van der Waals surface area (Å²) in [6.45, 7) is 6.09. The van der Waals surface area contributed by atoms with Crippen molar-refractivity contribution in [2.24, 2.45) is 29.4 Å². The molecule has 2 saturated carbocycles. The Balaban J connectivity index is 1.47. The first-order valence-corrected chi connectivity index (χ1v) is 16.6. The number of amides is 3. The lowest BCUT2D eigenvalue weighted by atomic mass is 9.77. The molecule has 5 rings (SSSR count). The van der Waals surface area contributed by atoms with E-state index in [2.05, 4.69) is 10.6 Å². The quantitative estimate of drug-likeness (QED) is 0.284. The number of carbonyl (C=O) groups is 4. The minimum atomic E-state index is -1.75. The lowest BCUT2D eigenvalue weighted by molar-refractivity contribution is -0.153. The molecule has 248 valence electrons. The Kier molecular flexibility index (Phi) is 10.5. The van der Waals surface area contributed by atoms with Crippen LogP contribution in [-0.4, -0.2) is 92.2 Å². The predicted octanol–water partition coefficient (Wildman–Crippen LogP) is 2.00. The van der Waals surface area contributed by atoms with Gasteiger partial charge in [-0.2, -0.15) is 0 Å². The van der Waals surface area contributed by atoms with Crippen molar-refractivity contribution >= 4 is 23.5 Å². The Bertz CT molecular complexity index is 1220. The van der Waals surface area contributed by atoms with Crippen molar-refractivity contribution in [3.05, 3.63) is 29.8 Å². The number of nitrogens with zero attached hydrogens (tertiary/aromatic N) is 1. The molecule has 0 radical (unpaired) electrons. The minimum Gasteiger partial charge on any atom is -0.497 e. The maximum atomic E-state index is 14.7. The van der Waals surface area contributed by atoms with E-state index < -0.39 is 40.8 Å². The number of carbonyl (C=O) groups excluding carboxylic acids is 4. The van der Waals surface area contributed by atoms with Crippen molar-refractivity contribution in [2.75, 3.05) is 46.6 Å². The first-order chi connectivity index (χ1) is 21.6. The number of fused-ring (bicyclic) bond motifs is 1. The van der Waals surface area contributed by atoms with Gasteiger partial charge in [0.15, 0.2) is 5.78 Å². The topological polar surface area (TPSA) is 149 Å². The normalized spacial score (nSPS) is 29.0. The van der Waals surface area contributed by atoms with Crippen LogP contribution in [0.15, 0.2) is 24.3 Å². The lowest BCUT2D eigenvalue weighted by Gasteiger charge is -2.40. The predicted molar refractivity (Wildman–Crippen MR) is 167 cm³/mol. The summed E-state index contributed by atoms with van der Waals surface area (Å²) < 4.78 is 16.8. The fourth-order valence-corrected chi connectivity index (χ4v) is 7.81. The van der Waals surface area contributed by atoms with Gasteiger partial charge >= 0.3 is 0 Å². The summed E-state index contributed by atoms with van der Waals surface area (Å²) in [7, 11) is 1.56. The number of primary amides is 1. The maximum absolute atomic E-state index is 14.7. The number of benzene rings is 1. The number of hydrogen-bond donors (Lipinski definition) is 3. The largest absolute Gasteiger partial charge is 0.497 e. The Morgan fingerprint density at radius 1 is 1.07 bits per heavy atom. The van der Waals surface area contributed by atoms with E-state index in [1.165, 1.54) is 6.42 Å². The van der Waals surface area contributed by atoms with Gasteiger partial charge in [0.05, 0.1) is 38.8 Å². The fraction of sp³-hybridized carbons (Fsp3) is 0.706. The molecule has 7 atom stereocenters. The Labute approximate surface area is 266 Å². The summed E-state index contributed by atoms with van der Waals surface area (Å²) >= 11 is 0. The van der Waals surface area contributed by atoms with Gasteiger partial charge in [-0.1, -0.05) is 25.5 Å². The molecular formula is C34H50N4O7. The molecule has 3 amide bonds. The average Bonchev–Trinajstić information content (AvgIpc) is 3.43. The fourth-order valence-electron chi connectivity index (χ4n) is 7.81. The average molecular weight is 627 g/mol. The molecule has 2 saturated heterocycles. The first kappa shape index (κ1) is 33.3. The summed E-state index contributed by atoms with van der Waals surface area (Å²) in [6, 6.07) is 6.31. The van der Waals surface area contributed by atoms with Gasteiger partial charge in [0, 0.05) is 26.1 Å². The van der Waals surface area contributed by atoms with Crippen molar-refractivity contribution < 1.29 is 33.4 Å². The molecule has 4 aliphatic rings. The van der Waals surface area contributed by atoms with Crippen LogP contribution in [0.1, 0.15) is 64.4 Å².